The average Bonchev–Trinajstić information content (AvgIpc) is 2.36. The third-order valence-corrected chi connectivity index (χ3v) is 3.32. The minimum atomic E-state index is -1.01. The van der Waals surface area contributed by atoms with Crippen LogP contribution in [0.25, 0.3) is 0 Å². The van der Waals surface area contributed by atoms with Gasteiger partial charge in [-0.25, -0.2) is 0 Å². The third-order valence-electron chi connectivity index (χ3n) is 2.63. The van der Waals surface area contributed by atoms with Crippen molar-refractivity contribution in [3.8, 4) is 11.5 Å². The Morgan fingerprint density at radius 1 is 1.30 bits per heavy atom. The predicted molar refractivity (Wildman–Crippen MR) is 76.1 cm³/mol. The normalized spacial score (nSPS) is 11.6. The van der Waals surface area contributed by atoms with Crippen molar-refractivity contribution in [3.63, 3.8) is 0 Å². The summed E-state index contributed by atoms with van der Waals surface area (Å²) < 4.78 is 11.0. The first-order valence-corrected chi connectivity index (χ1v) is 6.58. The van der Waals surface area contributed by atoms with Gasteiger partial charge in [0.05, 0.1) is 26.7 Å². The molecule has 0 fully saturated rings. The van der Waals surface area contributed by atoms with E-state index in [2.05, 4.69) is 21.2 Å². The summed E-state index contributed by atoms with van der Waals surface area (Å²) in [6, 6.07) is 2.66. The molecule has 2 N–H and O–H groups in total. The summed E-state index contributed by atoms with van der Waals surface area (Å²) in [6.45, 7) is 1.34. The van der Waals surface area contributed by atoms with Crippen LogP contribution in [0.5, 0.6) is 11.5 Å². The minimum absolute atomic E-state index is 0.229. The summed E-state index contributed by atoms with van der Waals surface area (Å²) >= 11 is 3.35. The summed E-state index contributed by atoms with van der Waals surface area (Å²) in [5.74, 6) is -0.338. The topological polar surface area (TPSA) is 84.9 Å². The molecule has 7 heteroatoms. The molecule has 0 spiro atoms. The fourth-order valence-corrected chi connectivity index (χ4v) is 2.39. The number of hydrogen-bond donors (Lipinski definition) is 2. The van der Waals surface area contributed by atoms with Crippen LogP contribution in [0.15, 0.2) is 16.6 Å². The molecule has 0 radical (unpaired) electrons. The minimum Gasteiger partial charge on any atom is -0.493 e. The molecule has 0 bridgehead atoms. The lowest BCUT2D eigenvalue weighted by Gasteiger charge is -2.20. The first-order chi connectivity index (χ1) is 9.38. The Hall–Kier alpha value is -1.76. The molecule has 0 heterocycles. The second kappa shape index (κ2) is 7.14. The zero-order valence-electron chi connectivity index (χ0n) is 11.4. The fraction of sp³-hybridized carbons (Fsp3) is 0.385. The van der Waals surface area contributed by atoms with Gasteiger partial charge in [0.1, 0.15) is 0 Å². The predicted octanol–water partition coefficient (Wildman–Crippen LogP) is 2.12. The number of benzene rings is 1. The average molecular weight is 346 g/mol. The van der Waals surface area contributed by atoms with Gasteiger partial charge < -0.3 is 19.9 Å². The zero-order chi connectivity index (χ0) is 15.3. The number of aliphatic carboxylic acids is 1. The number of methoxy groups -OCH3 is 2. The van der Waals surface area contributed by atoms with Gasteiger partial charge in [-0.15, -0.1) is 0 Å². The molecule has 1 unspecified atom stereocenters. The van der Waals surface area contributed by atoms with Gasteiger partial charge in [0, 0.05) is 11.4 Å². The highest BCUT2D eigenvalue weighted by Crippen LogP contribution is 2.36. The van der Waals surface area contributed by atoms with Gasteiger partial charge >= 0.3 is 5.97 Å². The number of nitrogens with one attached hydrogen (secondary N) is 1. The molecule has 0 saturated heterocycles. The van der Waals surface area contributed by atoms with Gasteiger partial charge in [-0.1, -0.05) is 15.9 Å². The van der Waals surface area contributed by atoms with Crippen molar-refractivity contribution in [2.75, 3.05) is 14.2 Å². The van der Waals surface area contributed by atoms with E-state index in [0.29, 0.717) is 21.5 Å². The van der Waals surface area contributed by atoms with Gasteiger partial charge in [0.15, 0.2) is 11.5 Å². The fourth-order valence-electron chi connectivity index (χ4n) is 1.80. The van der Waals surface area contributed by atoms with Crippen molar-refractivity contribution in [1.29, 1.82) is 0 Å². The van der Waals surface area contributed by atoms with Crippen LogP contribution < -0.4 is 14.8 Å². The van der Waals surface area contributed by atoms with E-state index in [9.17, 15) is 9.59 Å². The first-order valence-electron chi connectivity index (χ1n) is 5.79. The molecular weight excluding hydrogens is 330 g/mol. The van der Waals surface area contributed by atoms with Gasteiger partial charge in [0.25, 0.3) is 0 Å². The lowest BCUT2D eigenvalue weighted by molar-refractivity contribution is -0.137. The largest absolute Gasteiger partial charge is 0.493 e. The summed E-state index contributed by atoms with van der Waals surface area (Å²) in [6.07, 6.45) is -0.229. The van der Waals surface area contributed by atoms with Crippen molar-refractivity contribution in [2.24, 2.45) is 0 Å². The number of carbonyl (C=O) groups is 2. The number of carbonyl (C=O) groups excluding carboxylic acids is 1. The number of amides is 1. The van der Waals surface area contributed by atoms with Crippen molar-refractivity contribution >= 4 is 27.8 Å². The number of halogens is 1. The molecule has 20 heavy (non-hydrogen) atoms. The molecular formula is C13H16BrNO5. The van der Waals surface area contributed by atoms with E-state index in [-0.39, 0.29) is 12.3 Å². The number of rotatable bonds is 6. The standard InChI is InChI=1S/C13H16BrNO5/c1-7(16)15-10(6-13(17)18)8-4-11(19-2)12(20-3)5-9(8)14/h4-5,10H,6H2,1-3H3,(H,15,16)(H,17,18). The maximum atomic E-state index is 11.2. The Kier molecular flexibility index (Phi) is 5.82. The highest BCUT2D eigenvalue weighted by molar-refractivity contribution is 9.10. The molecule has 1 aromatic rings. The Morgan fingerprint density at radius 3 is 2.30 bits per heavy atom. The van der Waals surface area contributed by atoms with Crippen LogP contribution in [-0.2, 0) is 9.59 Å². The molecule has 0 aliphatic carbocycles. The van der Waals surface area contributed by atoms with Crippen molar-refractivity contribution in [1.82, 2.24) is 5.32 Å². The van der Waals surface area contributed by atoms with Crippen LogP contribution >= 0.6 is 15.9 Å². The molecule has 1 atom stereocenters. The molecule has 0 aliphatic heterocycles. The van der Waals surface area contributed by atoms with Gasteiger partial charge in [0.2, 0.25) is 5.91 Å². The lowest BCUT2D eigenvalue weighted by Crippen LogP contribution is -2.28. The number of ether oxygens (including phenoxy) is 2. The van der Waals surface area contributed by atoms with E-state index in [1.165, 1.54) is 21.1 Å². The Morgan fingerprint density at radius 2 is 1.85 bits per heavy atom. The molecule has 1 amide bonds. The maximum absolute atomic E-state index is 11.2. The summed E-state index contributed by atoms with van der Waals surface area (Å²) in [7, 11) is 2.99. The smallest absolute Gasteiger partial charge is 0.305 e. The molecule has 1 aromatic carbocycles. The summed E-state index contributed by atoms with van der Waals surface area (Å²) in [5.41, 5.74) is 0.611. The van der Waals surface area contributed by atoms with E-state index >= 15 is 0 Å². The van der Waals surface area contributed by atoms with Crippen LogP contribution in [-0.4, -0.2) is 31.2 Å². The molecule has 110 valence electrons. The van der Waals surface area contributed by atoms with Crippen LogP contribution in [0.2, 0.25) is 0 Å². The molecule has 6 nitrogen and oxygen atoms in total. The lowest BCUT2D eigenvalue weighted by atomic mass is 10.0. The van der Waals surface area contributed by atoms with Crippen LogP contribution in [0.1, 0.15) is 24.9 Å². The Labute approximate surface area is 125 Å². The monoisotopic (exact) mass is 345 g/mol. The first kappa shape index (κ1) is 16.3. The van der Waals surface area contributed by atoms with E-state index < -0.39 is 12.0 Å². The van der Waals surface area contributed by atoms with Crippen molar-refractivity contribution in [3.05, 3.63) is 22.2 Å². The van der Waals surface area contributed by atoms with E-state index in [1.807, 2.05) is 0 Å². The highest BCUT2D eigenvalue weighted by Gasteiger charge is 2.21. The molecule has 1 rings (SSSR count). The molecule has 0 aromatic heterocycles. The van der Waals surface area contributed by atoms with E-state index in [4.69, 9.17) is 14.6 Å². The van der Waals surface area contributed by atoms with Crippen LogP contribution in [0, 0.1) is 0 Å². The molecule has 0 aliphatic rings. The number of carboxylic acids is 1. The Bertz CT molecular complexity index is 502. The van der Waals surface area contributed by atoms with Gasteiger partial charge in [-0.05, 0) is 17.7 Å². The Balaban J connectivity index is 3.24. The van der Waals surface area contributed by atoms with Crippen molar-refractivity contribution in [2.45, 2.75) is 19.4 Å². The molecule has 0 saturated carbocycles. The third kappa shape index (κ3) is 4.12. The number of carboxylic acid groups (broad SMARTS) is 1. The van der Waals surface area contributed by atoms with Crippen LogP contribution in [0.4, 0.5) is 0 Å². The quantitative estimate of drug-likeness (QED) is 0.824. The maximum Gasteiger partial charge on any atom is 0.305 e. The van der Waals surface area contributed by atoms with Crippen LogP contribution in [0.3, 0.4) is 0 Å². The second-order valence-corrected chi connectivity index (χ2v) is 4.93. The van der Waals surface area contributed by atoms with Gasteiger partial charge in [-0.3, -0.25) is 9.59 Å². The second-order valence-electron chi connectivity index (χ2n) is 4.08. The zero-order valence-corrected chi connectivity index (χ0v) is 13.0. The van der Waals surface area contributed by atoms with E-state index in [1.54, 1.807) is 12.1 Å². The van der Waals surface area contributed by atoms with E-state index in [0.717, 1.165) is 0 Å². The number of hydrogen-bond acceptors (Lipinski definition) is 4. The highest BCUT2D eigenvalue weighted by atomic mass is 79.9. The van der Waals surface area contributed by atoms with Crippen molar-refractivity contribution < 1.29 is 24.2 Å². The summed E-state index contributed by atoms with van der Waals surface area (Å²) in [4.78, 5) is 22.2. The summed E-state index contributed by atoms with van der Waals surface area (Å²) in [5, 5.41) is 11.6. The SMILES string of the molecule is COc1cc(Br)c(C(CC(=O)O)NC(C)=O)cc1OC. The van der Waals surface area contributed by atoms with Gasteiger partial charge in [-0.2, -0.15) is 0 Å².